The number of hydrogen-bond acceptors (Lipinski definition) is 3. The molecule has 3 aromatic carbocycles. The minimum atomic E-state index is -3.53. The van der Waals surface area contributed by atoms with Crippen LogP contribution in [0.25, 0.3) is 10.9 Å². The van der Waals surface area contributed by atoms with Crippen LogP contribution in [0.1, 0.15) is 29.0 Å². The molecular weight excluding hydrogens is 418 g/mol. The van der Waals surface area contributed by atoms with Crippen LogP contribution in [-0.2, 0) is 16.4 Å². The van der Waals surface area contributed by atoms with Crippen LogP contribution in [-0.4, -0.2) is 32.2 Å². The maximum atomic E-state index is 13.1. The Morgan fingerprint density at radius 2 is 1.81 bits per heavy atom. The Kier molecular flexibility index (Phi) is 4.43. The van der Waals surface area contributed by atoms with Crippen molar-refractivity contribution < 1.29 is 8.42 Å². The molecule has 4 aromatic rings. The molecule has 6 heteroatoms. The van der Waals surface area contributed by atoms with Gasteiger partial charge in [0.15, 0.2) is 0 Å². The summed E-state index contributed by atoms with van der Waals surface area (Å²) in [5, 5.41) is 1.19. The first kappa shape index (κ1) is 19.3. The van der Waals surface area contributed by atoms with Crippen molar-refractivity contribution in [1.29, 1.82) is 0 Å². The van der Waals surface area contributed by atoms with Gasteiger partial charge in [-0.1, -0.05) is 48.5 Å². The van der Waals surface area contributed by atoms with Gasteiger partial charge in [-0.05, 0) is 48.2 Å². The van der Waals surface area contributed by atoms with Crippen molar-refractivity contribution in [2.24, 2.45) is 4.99 Å². The number of aliphatic imine (C=N–C) groups is 1. The summed E-state index contributed by atoms with van der Waals surface area (Å²) in [6.45, 7) is 0.489. The Hall–Kier alpha value is -3.38. The highest BCUT2D eigenvalue weighted by Gasteiger charge is 2.39. The van der Waals surface area contributed by atoms with E-state index in [0.29, 0.717) is 17.4 Å². The fourth-order valence-electron chi connectivity index (χ4n) is 4.67. The van der Waals surface area contributed by atoms with Crippen LogP contribution in [0.4, 0.5) is 5.69 Å². The Balaban J connectivity index is 1.20. The van der Waals surface area contributed by atoms with Gasteiger partial charge >= 0.3 is 0 Å². The molecule has 160 valence electrons. The van der Waals surface area contributed by atoms with E-state index in [-0.39, 0.29) is 6.04 Å². The van der Waals surface area contributed by atoms with E-state index < -0.39 is 10.0 Å². The topological polar surface area (TPSA) is 65.5 Å². The fraction of sp³-hybridized carbons (Fsp3) is 0.192. The van der Waals surface area contributed by atoms with E-state index in [1.54, 1.807) is 28.6 Å². The Morgan fingerprint density at radius 3 is 2.69 bits per heavy atom. The lowest BCUT2D eigenvalue weighted by Gasteiger charge is -2.19. The van der Waals surface area contributed by atoms with Crippen LogP contribution in [0.3, 0.4) is 0 Å². The number of anilines is 1. The molecule has 1 aromatic heterocycles. The summed E-state index contributed by atoms with van der Waals surface area (Å²) in [7, 11) is -3.53. The molecular formula is C26H23N3O2S. The first-order chi connectivity index (χ1) is 15.6. The lowest BCUT2D eigenvalue weighted by molar-refractivity contribution is 0.592. The molecule has 2 heterocycles. The van der Waals surface area contributed by atoms with Crippen molar-refractivity contribution in [3.63, 3.8) is 0 Å². The van der Waals surface area contributed by atoms with E-state index in [2.05, 4.69) is 29.2 Å². The highest BCUT2D eigenvalue weighted by atomic mass is 32.2. The second-order valence-electron chi connectivity index (χ2n) is 8.51. The Morgan fingerprint density at radius 1 is 1.00 bits per heavy atom. The third-order valence-corrected chi connectivity index (χ3v) is 8.33. The molecule has 1 N–H and O–H groups in total. The van der Waals surface area contributed by atoms with Crippen LogP contribution in [0.5, 0.6) is 0 Å². The van der Waals surface area contributed by atoms with Crippen molar-refractivity contribution >= 4 is 32.8 Å². The largest absolute Gasteiger partial charge is 0.361 e. The average molecular weight is 442 g/mol. The van der Waals surface area contributed by atoms with Crippen molar-refractivity contribution in [2.45, 2.75) is 29.7 Å². The highest BCUT2D eigenvalue weighted by Crippen LogP contribution is 2.45. The molecule has 2 unspecified atom stereocenters. The quantitative estimate of drug-likeness (QED) is 0.448. The number of H-pyrrole nitrogens is 1. The van der Waals surface area contributed by atoms with Gasteiger partial charge in [-0.15, -0.1) is 0 Å². The van der Waals surface area contributed by atoms with Crippen molar-refractivity contribution in [3.05, 3.63) is 95.7 Å². The van der Waals surface area contributed by atoms with Gasteiger partial charge in [0.05, 0.1) is 16.6 Å². The van der Waals surface area contributed by atoms with E-state index in [4.69, 9.17) is 4.99 Å². The van der Waals surface area contributed by atoms with Gasteiger partial charge in [0.1, 0.15) is 0 Å². The van der Waals surface area contributed by atoms with Crippen molar-refractivity contribution in [2.75, 3.05) is 10.8 Å². The first-order valence-corrected chi connectivity index (χ1v) is 12.4. The summed E-state index contributed by atoms with van der Waals surface area (Å²) in [5.41, 5.74) is 5.39. The lowest BCUT2D eigenvalue weighted by atomic mass is 10.0. The zero-order valence-electron chi connectivity index (χ0n) is 17.5. The SMILES string of the molecule is O=S(=O)(c1ccccc1)N1CCc2cc(C3CC3N=Cc3c[nH]c4ccccc34)ccc21. The third-order valence-electron chi connectivity index (χ3n) is 6.50. The number of rotatable bonds is 5. The summed E-state index contributed by atoms with van der Waals surface area (Å²) >= 11 is 0. The molecule has 5 nitrogen and oxygen atoms in total. The second-order valence-corrected chi connectivity index (χ2v) is 10.4. The minimum absolute atomic E-state index is 0.285. The van der Waals surface area contributed by atoms with Gasteiger partial charge in [-0.3, -0.25) is 9.30 Å². The molecule has 1 fully saturated rings. The molecule has 2 aliphatic rings. The number of sulfonamides is 1. The molecule has 1 saturated carbocycles. The van der Waals surface area contributed by atoms with Gasteiger partial charge < -0.3 is 4.98 Å². The van der Waals surface area contributed by atoms with Crippen LogP contribution < -0.4 is 4.31 Å². The number of para-hydroxylation sites is 1. The number of hydrogen-bond donors (Lipinski definition) is 1. The maximum absolute atomic E-state index is 13.1. The number of nitrogens with one attached hydrogen (secondary N) is 1. The normalized spacial score (nSPS) is 20.2. The van der Waals surface area contributed by atoms with Gasteiger partial charge in [-0.25, -0.2) is 8.42 Å². The molecule has 0 saturated heterocycles. The molecule has 1 aliphatic heterocycles. The van der Waals surface area contributed by atoms with Crippen molar-refractivity contribution in [3.8, 4) is 0 Å². The summed E-state index contributed by atoms with van der Waals surface area (Å²) in [4.78, 5) is 8.45. The van der Waals surface area contributed by atoms with Gasteiger partial charge in [0.25, 0.3) is 10.0 Å². The molecule has 32 heavy (non-hydrogen) atoms. The Bertz CT molecular complexity index is 1440. The maximum Gasteiger partial charge on any atom is 0.264 e. The highest BCUT2D eigenvalue weighted by molar-refractivity contribution is 7.92. The zero-order valence-corrected chi connectivity index (χ0v) is 18.3. The Labute approximate surface area is 187 Å². The molecule has 0 amide bonds. The number of aromatic amines is 1. The monoisotopic (exact) mass is 441 g/mol. The molecule has 1 aliphatic carbocycles. The van der Waals surface area contributed by atoms with Crippen molar-refractivity contribution in [1.82, 2.24) is 4.98 Å². The summed E-state index contributed by atoms with van der Waals surface area (Å²) in [5.74, 6) is 0.404. The van der Waals surface area contributed by atoms with Crippen LogP contribution in [0, 0.1) is 0 Å². The standard InChI is InChI=1S/C26H23N3O2S/c30-32(31,21-6-2-1-3-7-21)29-13-12-19-14-18(10-11-26(19)29)23-15-25(23)28-17-20-16-27-24-9-5-4-8-22(20)24/h1-11,14,16-17,23,25,27H,12-13,15H2. The number of benzene rings is 3. The predicted octanol–water partition coefficient (Wildman–Crippen LogP) is 4.89. The van der Waals surface area contributed by atoms with E-state index in [1.807, 2.05) is 36.7 Å². The third kappa shape index (κ3) is 3.22. The van der Waals surface area contributed by atoms with Crippen LogP contribution >= 0.6 is 0 Å². The molecule has 0 bridgehead atoms. The minimum Gasteiger partial charge on any atom is -0.361 e. The zero-order chi connectivity index (χ0) is 21.7. The van der Waals surface area contributed by atoms with Gasteiger partial charge in [0, 0.05) is 41.3 Å². The van der Waals surface area contributed by atoms with E-state index in [9.17, 15) is 8.42 Å². The number of aromatic nitrogens is 1. The number of nitrogens with zero attached hydrogens (tertiary/aromatic N) is 2. The summed E-state index contributed by atoms with van der Waals surface area (Å²) < 4.78 is 27.7. The molecule has 2 atom stereocenters. The number of fused-ring (bicyclic) bond motifs is 2. The lowest BCUT2D eigenvalue weighted by Crippen LogP contribution is -2.29. The second kappa shape index (κ2) is 7.35. The molecule has 6 rings (SSSR count). The summed E-state index contributed by atoms with van der Waals surface area (Å²) in [6, 6.07) is 23.4. The predicted molar refractivity (Wildman–Crippen MR) is 128 cm³/mol. The van der Waals surface area contributed by atoms with Crippen LogP contribution in [0.15, 0.2) is 88.9 Å². The first-order valence-electron chi connectivity index (χ1n) is 10.9. The smallest absolute Gasteiger partial charge is 0.264 e. The van der Waals surface area contributed by atoms with E-state index in [1.165, 1.54) is 10.9 Å². The fourth-order valence-corrected chi connectivity index (χ4v) is 6.20. The van der Waals surface area contributed by atoms with Gasteiger partial charge in [-0.2, -0.15) is 0 Å². The van der Waals surface area contributed by atoms with Crippen LogP contribution in [0.2, 0.25) is 0 Å². The molecule has 0 radical (unpaired) electrons. The van der Waals surface area contributed by atoms with E-state index in [0.717, 1.165) is 35.2 Å². The average Bonchev–Trinajstić information content (AvgIpc) is 3.28. The molecule has 0 spiro atoms. The van der Waals surface area contributed by atoms with E-state index >= 15 is 0 Å². The summed E-state index contributed by atoms with van der Waals surface area (Å²) in [6.07, 6.45) is 5.75. The van der Waals surface area contributed by atoms with Gasteiger partial charge in [0.2, 0.25) is 0 Å².